The van der Waals surface area contributed by atoms with E-state index in [4.69, 9.17) is 11.6 Å². The summed E-state index contributed by atoms with van der Waals surface area (Å²) >= 11 is 6.08. The lowest BCUT2D eigenvalue weighted by Crippen LogP contribution is -2.36. The van der Waals surface area contributed by atoms with Crippen molar-refractivity contribution in [3.05, 3.63) is 21.6 Å². The minimum Gasteiger partial charge on any atom is -0.388 e. The minimum atomic E-state index is -0.791. The zero-order valence-electron chi connectivity index (χ0n) is 12.4. The Balaban J connectivity index is 2.83. The first-order chi connectivity index (χ1) is 9.47. The van der Waals surface area contributed by atoms with E-state index in [9.17, 15) is 9.90 Å². The summed E-state index contributed by atoms with van der Waals surface area (Å²) in [6, 6.07) is 0. The Bertz CT molecular complexity index is 484. The summed E-state index contributed by atoms with van der Waals surface area (Å²) in [4.78, 5) is 12.0. The van der Waals surface area contributed by atoms with Gasteiger partial charge in [0, 0.05) is 13.1 Å². The Labute approximate surface area is 125 Å². The molecule has 0 bridgehead atoms. The molecule has 0 atom stereocenters. The molecular weight excluding hydrogens is 278 g/mol. The topological polar surface area (TPSA) is 67.2 Å². The molecular formula is C14H24ClN3O2. The molecule has 1 aromatic heterocycles. The largest absolute Gasteiger partial charge is 0.388 e. The monoisotopic (exact) mass is 301 g/mol. The molecule has 1 rings (SSSR count). The first-order valence-corrected chi connectivity index (χ1v) is 7.57. The van der Waals surface area contributed by atoms with Crippen LogP contribution < -0.4 is 10.9 Å². The number of aryl methyl sites for hydroxylation is 1. The molecule has 0 aliphatic heterocycles. The van der Waals surface area contributed by atoms with Crippen LogP contribution in [0.3, 0.4) is 0 Å². The van der Waals surface area contributed by atoms with Gasteiger partial charge in [-0.25, -0.2) is 4.68 Å². The second kappa shape index (κ2) is 7.64. The fourth-order valence-electron chi connectivity index (χ4n) is 1.82. The molecule has 0 amide bonds. The number of aliphatic hydroxyl groups is 1. The van der Waals surface area contributed by atoms with Gasteiger partial charge in [0.2, 0.25) is 0 Å². The lowest BCUT2D eigenvalue weighted by atomic mass is 9.97. The molecule has 0 saturated carbocycles. The van der Waals surface area contributed by atoms with Crippen LogP contribution >= 0.6 is 11.6 Å². The summed E-state index contributed by atoms with van der Waals surface area (Å²) in [6.45, 7) is 6.82. The number of aromatic nitrogens is 2. The van der Waals surface area contributed by atoms with Crippen LogP contribution in [0.15, 0.2) is 11.0 Å². The maximum atomic E-state index is 12.0. The maximum Gasteiger partial charge on any atom is 0.287 e. The van der Waals surface area contributed by atoms with E-state index in [1.165, 1.54) is 4.68 Å². The van der Waals surface area contributed by atoms with Gasteiger partial charge in [-0.05, 0) is 19.3 Å². The number of anilines is 1. The van der Waals surface area contributed by atoms with Crippen LogP contribution in [0.25, 0.3) is 0 Å². The molecule has 114 valence electrons. The standard InChI is InChI=1S/C14H24ClN3O2/c1-4-7-8-18-13(19)12(15)11(9-17-18)16-10-14(20,5-2)6-3/h9,16,20H,4-8,10H2,1-3H3. The molecule has 5 nitrogen and oxygen atoms in total. The second-order valence-electron chi connectivity index (χ2n) is 5.04. The Morgan fingerprint density at radius 2 is 2.05 bits per heavy atom. The van der Waals surface area contributed by atoms with E-state index in [2.05, 4.69) is 17.3 Å². The molecule has 6 heteroatoms. The number of unbranched alkanes of at least 4 members (excludes halogenated alkanes) is 1. The van der Waals surface area contributed by atoms with E-state index >= 15 is 0 Å². The van der Waals surface area contributed by atoms with Crippen molar-refractivity contribution in [2.45, 2.75) is 58.6 Å². The molecule has 20 heavy (non-hydrogen) atoms. The summed E-state index contributed by atoms with van der Waals surface area (Å²) in [5.74, 6) is 0. The molecule has 0 fully saturated rings. The molecule has 0 aliphatic rings. The fraction of sp³-hybridized carbons (Fsp3) is 0.714. The zero-order valence-corrected chi connectivity index (χ0v) is 13.2. The summed E-state index contributed by atoms with van der Waals surface area (Å²) < 4.78 is 1.38. The van der Waals surface area contributed by atoms with Crippen molar-refractivity contribution in [1.82, 2.24) is 9.78 Å². The van der Waals surface area contributed by atoms with E-state index in [1.54, 1.807) is 6.20 Å². The highest BCUT2D eigenvalue weighted by molar-refractivity contribution is 6.32. The predicted molar refractivity (Wildman–Crippen MR) is 82.4 cm³/mol. The Hall–Kier alpha value is -1.07. The molecule has 0 aliphatic carbocycles. The first kappa shape index (κ1) is 17.0. The minimum absolute atomic E-state index is 0.130. The van der Waals surface area contributed by atoms with Gasteiger partial charge in [-0.3, -0.25) is 4.79 Å². The van der Waals surface area contributed by atoms with Gasteiger partial charge in [-0.15, -0.1) is 0 Å². The van der Waals surface area contributed by atoms with E-state index in [0.29, 0.717) is 31.6 Å². The lowest BCUT2D eigenvalue weighted by Gasteiger charge is -2.26. The Morgan fingerprint density at radius 3 is 2.60 bits per heavy atom. The summed E-state index contributed by atoms with van der Waals surface area (Å²) in [6.07, 6.45) is 4.70. The first-order valence-electron chi connectivity index (χ1n) is 7.19. The molecule has 2 N–H and O–H groups in total. The van der Waals surface area contributed by atoms with Crippen LogP contribution in [-0.4, -0.2) is 27.0 Å². The third-order valence-corrected chi connectivity index (χ3v) is 4.00. The molecule has 0 saturated heterocycles. The number of hydrogen-bond acceptors (Lipinski definition) is 4. The molecule has 1 aromatic rings. The van der Waals surface area contributed by atoms with Gasteiger partial charge >= 0.3 is 0 Å². The molecule has 0 spiro atoms. The van der Waals surface area contributed by atoms with Gasteiger partial charge in [0.15, 0.2) is 0 Å². The van der Waals surface area contributed by atoms with Crippen molar-refractivity contribution in [3.8, 4) is 0 Å². The van der Waals surface area contributed by atoms with Crippen molar-refractivity contribution < 1.29 is 5.11 Å². The molecule has 0 radical (unpaired) electrons. The highest BCUT2D eigenvalue weighted by atomic mass is 35.5. The Kier molecular flexibility index (Phi) is 6.49. The van der Waals surface area contributed by atoms with Crippen LogP contribution in [0.4, 0.5) is 5.69 Å². The van der Waals surface area contributed by atoms with Crippen molar-refractivity contribution in [1.29, 1.82) is 0 Å². The maximum absolute atomic E-state index is 12.0. The van der Waals surface area contributed by atoms with Crippen LogP contribution in [0.5, 0.6) is 0 Å². The number of nitrogens with zero attached hydrogens (tertiary/aromatic N) is 2. The van der Waals surface area contributed by atoms with Crippen LogP contribution in [0.2, 0.25) is 5.02 Å². The quantitative estimate of drug-likeness (QED) is 0.774. The van der Waals surface area contributed by atoms with Gasteiger partial charge in [0.25, 0.3) is 5.56 Å². The molecule has 0 aromatic carbocycles. The van der Waals surface area contributed by atoms with E-state index < -0.39 is 5.60 Å². The van der Waals surface area contributed by atoms with Gasteiger partial charge in [0.1, 0.15) is 5.02 Å². The van der Waals surface area contributed by atoms with Crippen molar-refractivity contribution in [2.24, 2.45) is 0 Å². The SMILES string of the molecule is CCCCn1ncc(NCC(O)(CC)CC)c(Cl)c1=O. The average Bonchev–Trinajstić information content (AvgIpc) is 2.47. The highest BCUT2D eigenvalue weighted by Crippen LogP contribution is 2.19. The van der Waals surface area contributed by atoms with Crippen LogP contribution in [0.1, 0.15) is 46.5 Å². The molecule has 1 heterocycles. The predicted octanol–water partition coefficient (Wildman–Crippen LogP) is 2.66. The van der Waals surface area contributed by atoms with Crippen LogP contribution in [0, 0.1) is 0 Å². The third-order valence-electron chi connectivity index (χ3n) is 3.63. The van der Waals surface area contributed by atoms with Gasteiger partial charge in [0.05, 0.1) is 17.5 Å². The smallest absolute Gasteiger partial charge is 0.287 e. The third kappa shape index (κ3) is 4.21. The van der Waals surface area contributed by atoms with Gasteiger partial charge in [-0.2, -0.15) is 5.10 Å². The van der Waals surface area contributed by atoms with Crippen molar-refractivity contribution in [2.75, 3.05) is 11.9 Å². The van der Waals surface area contributed by atoms with Crippen molar-refractivity contribution in [3.63, 3.8) is 0 Å². The number of halogens is 1. The molecule has 0 unspecified atom stereocenters. The Morgan fingerprint density at radius 1 is 1.40 bits per heavy atom. The zero-order chi connectivity index (χ0) is 15.2. The second-order valence-corrected chi connectivity index (χ2v) is 5.42. The normalized spacial score (nSPS) is 11.7. The summed E-state index contributed by atoms with van der Waals surface area (Å²) in [7, 11) is 0. The van der Waals surface area contributed by atoms with Gasteiger partial charge in [-0.1, -0.05) is 38.8 Å². The number of rotatable bonds is 8. The number of nitrogens with one attached hydrogen (secondary N) is 1. The average molecular weight is 302 g/mol. The highest BCUT2D eigenvalue weighted by Gasteiger charge is 2.22. The van der Waals surface area contributed by atoms with Gasteiger partial charge < -0.3 is 10.4 Å². The fourth-order valence-corrected chi connectivity index (χ4v) is 2.03. The van der Waals surface area contributed by atoms with E-state index in [0.717, 1.165) is 12.8 Å². The summed E-state index contributed by atoms with van der Waals surface area (Å²) in [5, 5.41) is 17.5. The lowest BCUT2D eigenvalue weighted by molar-refractivity contribution is 0.0457. The van der Waals surface area contributed by atoms with E-state index in [1.807, 2.05) is 13.8 Å². The van der Waals surface area contributed by atoms with Crippen molar-refractivity contribution >= 4 is 17.3 Å². The number of hydrogen-bond donors (Lipinski definition) is 2. The van der Waals surface area contributed by atoms with E-state index in [-0.39, 0.29) is 10.6 Å². The summed E-state index contributed by atoms with van der Waals surface area (Å²) in [5.41, 5.74) is -0.605. The van der Waals surface area contributed by atoms with Crippen LogP contribution in [-0.2, 0) is 6.54 Å².